The fourth-order valence-corrected chi connectivity index (χ4v) is 3.17. The number of nitrogens with one attached hydrogen (secondary N) is 3. The van der Waals surface area contributed by atoms with Crippen LogP contribution in [0.1, 0.15) is 43.5 Å². The maximum absolute atomic E-state index is 12.3. The first-order chi connectivity index (χ1) is 15.0. The third-order valence-corrected chi connectivity index (χ3v) is 5.17. The minimum absolute atomic E-state index is 0.0910. The molecule has 3 N–H and O–H groups in total. The number of carbonyl (C=O) groups excluding carboxylic acids is 2. The van der Waals surface area contributed by atoms with E-state index in [4.69, 9.17) is 9.47 Å². The van der Waals surface area contributed by atoms with E-state index in [0.717, 1.165) is 31.6 Å². The van der Waals surface area contributed by atoms with E-state index in [2.05, 4.69) is 16.0 Å². The van der Waals surface area contributed by atoms with E-state index in [9.17, 15) is 9.59 Å². The van der Waals surface area contributed by atoms with Gasteiger partial charge in [0.05, 0.1) is 12.6 Å². The average molecular weight is 426 g/mol. The van der Waals surface area contributed by atoms with E-state index in [0.29, 0.717) is 23.5 Å². The minimum Gasteiger partial charge on any atom is -0.491 e. The van der Waals surface area contributed by atoms with Crippen molar-refractivity contribution in [2.24, 2.45) is 0 Å². The third kappa shape index (κ3) is 7.29. The Bertz CT molecular complexity index is 863. The van der Waals surface area contributed by atoms with Gasteiger partial charge in [-0.15, -0.1) is 0 Å². The molecular weight excluding hydrogens is 394 g/mol. The SMILES string of the molecule is CCC(C)NC(=O)c1cccc(NCC(=O)Nc2ccc(OCC3CCCO3)cc2)c1. The summed E-state index contributed by atoms with van der Waals surface area (Å²) in [4.78, 5) is 24.5. The highest BCUT2D eigenvalue weighted by Crippen LogP contribution is 2.18. The van der Waals surface area contributed by atoms with Gasteiger partial charge >= 0.3 is 0 Å². The van der Waals surface area contributed by atoms with Crippen molar-refractivity contribution in [2.45, 2.75) is 45.3 Å². The van der Waals surface area contributed by atoms with E-state index in [-0.39, 0.29) is 30.5 Å². The van der Waals surface area contributed by atoms with Crippen LogP contribution in [-0.4, -0.2) is 43.7 Å². The molecule has 3 rings (SSSR count). The quantitative estimate of drug-likeness (QED) is 0.539. The van der Waals surface area contributed by atoms with Gasteiger partial charge in [-0.2, -0.15) is 0 Å². The van der Waals surface area contributed by atoms with Crippen molar-refractivity contribution < 1.29 is 19.1 Å². The van der Waals surface area contributed by atoms with Crippen LogP contribution in [0.3, 0.4) is 0 Å². The van der Waals surface area contributed by atoms with Crippen molar-refractivity contribution in [3.05, 3.63) is 54.1 Å². The lowest BCUT2D eigenvalue weighted by Crippen LogP contribution is -2.31. The summed E-state index contributed by atoms with van der Waals surface area (Å²) in [5.74, 6) is 0.450. The van der Waals surface area contributed by atoms with E-state index in [1.165, 1.54) is 0 Å². The molecule has 0 aromatic heterocycles. The minimum atomic E-state index is -0.178. The second kappa shape index (κ2) is 11.4. The molecule has 0 saturated carbocycles. The van der Waals surface area contributed by atoms with Crippen LogP contribution in [0.5, 0.6) is 5.75 Å². The number of hydrogen-bond donors (Lipinski definition) is 3. The summed E-state index contributed by atoms with van der Waals surface area (Å²) in [6, 6.07) is 14.5. The van der Waals surface area contributed by atoms with Crippen LogP contribution < -0.4 is 20.7 Å². The molecule has 2 amide bonds. The molecule has 2 unspecified atom stereocenters. The Morgan fingerprint density at radius 1 is 1.16 bits per heavy atom. The highest BCUT2D eigenvalue weighted by molar-refractivity contribution is 5.96. The van der Waals surface area contributed by atoms with Gasteiger partial charge in [0.1, 0.15) is 12.4 Å². The molecule has 1 aliphatic heterocycles. The number of carbonyl (C=O) groups is 2. The molecule has 166 valence electrons. The zero-order valence-electron chi connectivity index (χ0n) is 18.1. The molecular formula is C24H31N3O4. The Balaban J connectivity index is 1.44. The summed E-state index contributed by atoms with van der Waals surface area (Å²) in [7, 11) is 0. The Hall–Kier alpha value is -3.06. The second-order valence-corrected chi connectivity index (χ2v) is 7.74. The molecule has 2 aromatic carbocycles. The zero-order valence-corrected chi connectivity index (χ0v) is 18.1. The van der Waals surface area contributed by atoms with Crippen LogP contribution >= 0.6 is 0 Å². The van der Waals surface area contributed by atoms with Crippen molar-refractivity contribution in [1.29, 1.82) is 0 Å². The molecule has 1 saturated heterocycles. The molecule has 0 radical (unpaired) electrons. The van der Waals surface area contributed by atoms with E-state index in [1.54, 1.807) is 18.2 Å². The summed E-state index contributed by atoms with van der Waals surface area (Å²) >= 11 is 0. The predicted molar refractivity (Wildman–Crippen MR) is 122 cm³/mol. The number of rotatable bonds is 10. The van der Waals surface area contributed by atoms with Crippen LogP contribution in [0.25, 0.3) is 0 Å². The number of anilines is 2. The second-order valence-electron chi connectivity index (χ2n) is 7.74. The van der Waals surface area contributed by atoms with Gasteiger partial charge in [0, 0.05) is 29.6 Å². The molecule has 2 atom stereocenters. The first kappa shape index (κ1) is 22.6. The van der Waals surface area contributed by atoms with Gasteiger partial charge in [-0.05, 0) is 68.7 Å². The van der Waals surface area contributed by atoms with E-state index in [1.807, 2.05) is 44.2 Å². The molecule has 31 heavy (non-hydrogen) atoms. The summed E-state index contributed by atoms with van der Waals surface area (Å²) < 4.78 is 11.3. The fourth-order valence-electron chi connectivity index (χ4n) is 3.17. The van der Waals surface area contributed by atoms with Crippen molar-refractivity contribution in [1.82, 2.24) is 5.32 Å². The summed E-state index contributed by atoms with van der Waals surface area (Å²) in [6.07, 6.45) is 3.16. The zero-order chi connectivity index (χ0) is 22.1. The monoisotopic (exact) mass is 425 g/mol. The molecule has 1 aliphatic rings. The number of benzene rings is 2. The van der Waals surface area contributed by atoms with Gasteiger partial charge in [-0.1, -0.05) is 13.0 Å². The van der Waals surface area contributed by atoms with E-state index < -0.39 is 0 Å². The number of amides is 2. The van der Waals surface area contributed by atoms with Gasteiger partial charge in [0.15, 0.2) is 0 Å². The standard InChI is InChI=1S/C24H31N3O4/c1-3-17(2)26-24(29)18-6-4-7-20(14-18)25-15-23(28)27-19-9-11-21(12-10-19)31-16-22-8-5-13-30-22/h4,6-7,9-12,14,17,22,25H,3,5,8,13,15-16H2,1-2H3,(H,26,29)(H,27,28). The van der Waals surface area contributed by atoms with Crippen molar-refractivity contribution in [2.75, 3.05) is 30.4 Å². The Kier molecular flexibility index (Phi) is 8.29. The maximum Gasteiger partial charge on any atom is 0.251 e. The average Bonchev–Trinajstić information content (AvgIpc) is 3.31. The largest absolute Gasteiger partial charge is 0.491 e. The van der Waals surface area contributed by atoms with Crippen molar-refractivity contribution in [3.63, 3.8) is 0 Å². The summed E-state index contributed by atoms with van der Waals surface area (Å²) in [5, 5.41) is 8.84. The van der Waals surface area contributed by atoms with E-state index >= 15 is 0 Å². The summed E-state index contributed by atoms with van der Waals surface area (Å²) in [6.45, 7) is 5.43. The molecule has 0 aliphatic carbocycles. The maximum atomic E-state index is 12.3. The Labute approximate surface area is 183 Å². The topological polar surface area (TPSA) is 88.7 Å². The lowest BCUT2D eigenvalue weighted by molar-refractivity contribution is -0.114. The summed E-state index contributed by atoms with van der Waals surface area (Å²) in [5.41, 5.74) is 1.96. The van der Waals surface area contributed by atoms with Crippen molar-refractivity contribution >= 4 is 23.2 Å². The number of ether oxygens (including phenoxy) is 2. The van der Waals surface area contributed by atoms with Crippen LogP contribution in [-0.2, 0) is 9.53 Å². The van der Waals surface area contributed by atoms with Crippen LogP contribution in [0.4, 0.5) is 11.4 Å². The highest BCUT2D eigenvalue weighted by Gasteiger charge is 2.16. The molecule has 7 nitrogen and oxygen atoms in total. The molecule has 1 heterocycles. The predicted octanol–water partition coefficient (Wildman–Crippen LogP) is 3.82. The fraction of sp³-hybridized carbons (Fsp3) is 0.417. The third-order valence-electron chi connectivity index (χ3n) is 5.17. The first-order valence-electron chi connectivity index (χ1n) is 10.8. The van der Waals surface area contributed by atoms with Crippen LogP contribution in [0.15, 0.2) is 48.5 Å². The molecule has 7 heteroatoms. The number of hydrogen-bond acceptors (Lipinski definition) is 5. The normalized spacial score (nSPS) is 16.4. The van der Waals surface area contributed by atoms with Gasteiger partial charge < -0.3 is 25.4 Å². The van der Waals surface area contributed by atoms with Gasteiger partial charge in [-0.25, -0.2) is 0 Å². The Morgan fingerprint density at radius 2 is 1.97 bits per heavy atom. The molecule has 2 aromatic rings. The lowest BCUT2D eigenvalue weighted by Gasteiger charge is -2.13. The Morgan fingerprint density at radius 3 is 2.68 bits per heavy atom. The van der Waals surface area contributed by atoms with Crippen molar-refractivity contribution in [3.8, 4) is 5.75 Å². The molecule has 0 spiro atoms. The molecule has 1 fully saturated rings. The highest BCUT2D eigenvalue weighted by atomic mass is 16.5. The van der Waals surface area contributed by atoms with Gasteiger partial charge in [-0.3, -0.25) is 9.59 Å². The van der Waals surface area contributed by atoms with Crippen LogP contribution in [0, 0.1) is 0 Å². The van der Waals surface area contributed by atoms with Crippen LogP contribution in [0.2, 0.25) is 0 Å². The smallest absolute Gasteiger partial charge is 0.251 e. The van der Waals surface area contributed by atoms with Gasteiger partial charge in [0.25, 0.3) is 5.91 Å². The molecule has 0 bridgehead atoms. The van der Waals surface area contributed by atoms with Gasteiger partial charge in [0.2, 0.25) is 5.91 Å². The lowest BCUT2D eigenvalue weighted by atomic mass is 10.1. The first-order valence-corrected chi connectivity index (χ1v) is 10.8.